The Labute approximate surface area is 105 Å². The molecule has 1 aromatic carbocycles. The van der Waals surface area contributed by atoms with Crippen LogP contribution in [0.15, 0.2) is 30.3 Å². The zero-order chi connectivity index (χ0) is 9.80. The molecule has 2 rings (SSSR count). The third-order valence-corrected chi connectivity index (χ3v) is 1.98. The van der Waals surface area contributed by atoms with E-state index in [4.69, 9.17) is 9.47 Å². The SMILES string of the molecule is CC=Cc1ccc(OCC2[CH-]O2)cc1.[W]. The van der Waals surface area contributed by atoms with Gasteiger partial charge in [0.1, 0.15) is 5.75 Å². The Hall–Kier alpha value is -0.592. The van der Waals surface area contributed by atoms with Crippen molar-refractivity contribution in [2.45, 2.75) is 13.0 Å². The first-order valence-corrected chi connectivity index (χ1v) is 4.73. The van der Waals surface area contributed by atoms with Gasteiger partial charge in [-0.2, -0.15) is 6.61 Å². The van der Waals surface area contributed by atoms with Gasteiger partial charge in [0.2, 0.25) is 0 Å². The molecule has 1 fully saturated rings. The van der Waals surface area contributed by atoms with Crippen LogP contribution in [0.1, 0.15) is 12.5 Å². The monoisotopic (exact) mass is 373 g/mol. The number of benzene rings is 1. The second kappa shape index (κ2) is 6.09. The van der Waals surface area contributed by atoms with Gasteiger partial charge in [0, 0.05) is 21.1 Å². The number of rotatable bonds is 4. The van der Waals surface area contributed by atoms with Gasteiger partial charge < -0.3 is 9.47 Å². The Morgan fingerprint density at radius 3 is 2.60 bits per heavy atom. The smallest absolute Gasteiger partial charge is 0.119 e. The first-order valence-electron chi connectivity index (χ1n) is 4.73. The van der Waals surface area contributed by atoms with Gasteiger partial charge in [-0.05, 0) is 30.7 Å². The van der Waals surface area contributed by atoms with E-state index in [1.54, 1.807) is 6.61 Å². The van der Waals surface area contributed by atoms with Crippen molar-refractivity contribution in [2.75, 3.05) is 6.61 Å². The third-order valence-electron chi connectivity index (χ3n) is 1.98. The van der Waals surface area contributed by atoms with Crippen molar-refractivity contribution in [1.29, 1.82) is 0 Å². The van der Waals surface area contributed by atoms with E-state index in [1.807, 2.05) is 37.3 Å². The summed E-state index contributed by atoms with van der Waals surface area (Å²) in [6, 6.07) is 8.01. The fourth-order valence-electron chi connectivity index (χ4n) is 1.18. The summed E-state index contributed by atoms with van der Waals surface area (Å²) in [4.78, 5) is 0. The molecule has 0 amide bonds. The van der Waals surface area contributed by atoms with Gasteiger partial charge in [0.05, 0.1) is 6.61 Å². The molecular formula is C12H13O2W-. The number of epoxide rings is 1. The molecule has 0 saturated carbocycles. The second-order valence-corrected chi connectivity index (χ2v) is 3.19. The molecule has 1 saturated heterocycles. The largest absolute Gasteiger partial charge is 0.567 e. The maximum absolute atomic E-state index is 5.48. The Morgan fingerprint density at radius 2 is 2.07 bits per heavy atom. The van der Waals surface area contributed by atoms with Crippen LogP contribution in [-0.2, 0) is 25.8 Å². The molecule has 2 nitrogen and oxygen atoms in total. The van der Waals surface area contributed by atoms with Crippen LogP contribution in [0.25, 0.3) is 6.08 Å². The summed E-state index contributed by atoms with van der Waals surface area (Å²) in [5, 5.41) is 0. The first kappa shape index (κ1) is 12.5. The fourth-order valence-corrected chi connectivity index (χ4v) is 1.18. The molecule has 15 heavy (non-hydrogen) atoms. The quantitative estimate of drug-likeness (QED) is 0.598. The average Bonchev–Trinajstić information content (AvgIpc) is 3.01. The number of hydrogen-bond donors (Lipinski definition) is 0. The van der Waals surface area contributed by atoms with E-state index in [1.165, 1.54) is 5.56 Å². The zero-order valence-electron chi connectivity index (χ0n) is 8.55. The molecule has 0 radical (unpaired) electrons. The summed E-state index contributed by atoms with van der Waals surface area (Å²) in [5.41, 5.74) is 1.19. The van der Waals surface area contributed by atoms with Crippen LogP contribution in [0.4, 0.5) is 0 Å². The minimum Gasteiger partial charge on any atom is -0.567 e. The van der Waals surface area contributed by atoms with E-state index in [0.717, 1.165) is 5.75 Å². The summed E-state index contributed by atoms with van der Waals surface area (Å²) in [6.45, 7) is 4.39. The summed E-state index contributed by atoms with van der Waals surface area (Å²) >= 11 is 0. The molecule has 0 spiro atoms. The Bertz CT molecular complexity index is 315. The Balaban J connectivity index is 0.00000112. The fraction of sp³-hybridized carbons (Fsp3) is 0.250. The van der Waals surface area contributed by atoms with Crippen molar-refractivity contribution in [3.63, 3.8) is 0 Å². The van der Waals surface area contributed by atoms with E-state index >= 15 is 0 Å². The summed E-state index contributed by atoms with van der Waals surface area (Å²) in [5.74, 6) is 0.891. The van der Waals surface area contributed by atoms with Crippen molar-refractivity contribution in [3.05, 3.63) is 42.5 Å². The molecule has 1 heterocycles. The predicted molar refractivity (Wildman–Crippen MR) is 55.8 cm³/mol. The zero-order valence-corrected chi connectivity index (χ0v) is 11.5. The maximum Gasteiger partial charge on any atom is 0.119 e. The van der Waals surface area contributed by atoms with Crippen molar-refractivity contribution >= 4 is 6.08 Å². The molecule has 1 aromatic rings. The van der Waals surface area contributed by atoms with Gasteiger partial charge in [0.15, 0.2) is 0 Å². The normalized spacial score (nSPS) is 18.6. The van der Waals surface area contributed by atoms with E-state index in [2.05, 4.69) is 6.08 Å². The van der Waals surface area contributed by atoms with Gasteiger partial charge in [-0.1, -0.05) is 24.3 Å². The van der Waals surface area contributed by atoms with E-state index in [-0.39, 0.29) is 27.2 Å². The topological polar surface area (TPSA) is 21.8 Å². The summed E-state index contributed by atoms with van der Waals surface area (Å²) < 4.78 is 10.4. The van der Waals surface area contributed by atoms with Gasteiger partial charge in [-0.3, -0.25) is 0 Å². The molecule has 0 N–H and O–H groups in total. The summed E-state index contributed by atoms with van der Waals surface area (Å²) in [6.07, 6.45) is 4.27. The molecule has 0 bridgehead atoms. The van der Waals surface area contributed by atoms with Crippen LogP contribution in [0.3, 0.4) is 0 Å². The first-order chi connectivity index (χ1) is 6.88. The maximum atomic E-state index is 5.48. The van der Waals surface area contributed by atoms with Gasteiger partial charge in [0.25, 0.3) is 0 Å². The van der Waals surface area contributed by atoms with Gasteiger partial charge in [-0.25, -0.2) is 0 Å². The molecule has 0 aromatic heterocycles. The predicted octanol–water partition coefficient (Wildman–Crippen LogP) is 2.66. The minimum absolute atomic E-state index is 0. The van der Waals surface area contributed by atoms with Crippen molar-refractivity contribution in [3.8, 4) is 5.75 Å². The van der Waals surface area contributed by atoms with Crippen molar-refractivity contribution in [2.24, 2.45) is 0 Å². The number of hydrogen-bond acceptors (Lipinski definition) is 2. The third kappa shape index (κ3) is 4.19. The Kier molecular flexibility index (Phi) is 5.07. The molecule has 0 aliphatic carbocycles. The van der Waals surface area contributed by atoms with Crippen LogP contribution >= 0.6 is 0 Å². The average molecular weight is 373 g/mol. The number of ether oxygens (including phenoxy) is 2. The van der Waals surface area contributed by atoms with Gasteiger partial charge >= 0.3 is 0 Å². The number of allylic oxidation sites excluding steroid dienone is 1. The molecule has 1 atom stereocenters. The van der Waals surface area contributed by atoms with Crippen LogP contribution in [0, 0.1) is 6.61 Å². The van der Waals surface area contributed by atoms with E-state index < -0.39 is 0 Å². The van der Waals surface area contributed by atoms with Gasteiger partial charge in [-0.15, -0.1) is 0 Å². The van der Waals surface area contributed by atoms with Crippen molar-refractivity contribution in [1.82, 2.24) is 0 Å². The second-order valence-electron chi connectivity index (χ2n) is 3.19. The van der Waals surface area contributed by atoms with Crippen LogP contribution < -0.4 is 4.74 Å². The summed E-state index contributed by atoms with van der Waals surface area (Å²) in [7, 11) is 0. The molecule has 1 unspecified atom stereocenters. The molecule has 80 valence electrons. The molecule has 3 heteroatoms. The standard InChI is InChI=1S/C12H13O2.W/c1-2-3-10-4-6-11(7-5-10)13-8-12-9-14-12;/h2-7,9,12H,8H2,1H3;/q-1;. The van der Waals surface area contributed by atoms with E-state index in [9.17, 15) is 0 Å². The van der Waals surface area contributed by atoms with Crippen molar-refractivity contribution < 1.29 is 30.5 Å². The van der Waals surface area contributed by atoms with E-state index in [0.29, 0.717) is 6.61 Å². The Morgan fingerprint density at radius 1 is 1.40 bits per heavy atom. The van der Waals surface area contributed by atoms with Crippen LogP contribution in [-0.4, -0.2) is 12.7 Å². The van der Waals surface area contributed by atoms with Crippen LogP contribution in [0.5, 0.6) is 5.75 Å². The molecule has 1 aliphatic heterocycles. The molecule has 1 aliphatic rings. The molecular weight excluding hydrogens is 360 g/mol. The minimum atomic E-state index is 0. The van der Waals surface area contributed by atoms with Crippen LogP contribution in [0.2, 0.25) is 0 Å².